The summed E-state index contributed by atoms with van der Waals surface area (Å²) in [7, 11) is 1.85. The van der Waals surface area contributed by atoms with E-state index in [1.54, 1.807) is 12.1 Å². The van der Waals surface area contributed by atoms with Crippen LogP contribution in [0.25, 0.3) is 10.9 Å². The van der Waals surface area contributed by atoms with Crippen LogP contribution in [0.15, 0.2) is 24.4 Å². The Kier molecular flexibility index (Phi) is 1.97. The van der Waals surface area contributed by atoms with Gasteiger partial charge in [0.15, 0.2) is 0 Å². The molecule has 0 atom stereocenters. The number of carboxylic acid groups (broad SMARTS) is 1. The average Bonchev–Trinajstić information content (AvgIpc) is 2.47. The van der Waals surface area contributed by atoms with Crippen molar-refractivity contribution in [2.75, 3.05) is 0 Å². The van der Waals surface area contributed by atoms with Crippen molar-refractivity contribution in [2.45, 2.75) is 0 Å². The maximum atomic E-state index is 10.9. The van der Waals surface area contributed by atoms with E-state index in [-0.39, 0.29) is 5.56 Å². The summed E-state index contributed by atoms with van der Waals surface area (Å²) in [6, 6.07) is 4.99. The van der Waals surface area contributed by atoms with Crippen molar-refractivity contribution >= 4 is 28.5 Å². The Morgan fingerprint density at radius 2 is 2.21 bits per heavy atom. The smallest absolute Gasteiger partial charge is 0.336 e. The largest absolute Gasteiger partial charge is 0.478 e. The maximum absolute atomic E-state index is 10.9. The first-order valence-electron chi connectivity index (χ1n) is 4.07. The third-order valence-electron chi connectivity index (χ3n) is 2.20. The quantitative estimate of drug-likeness (QED) is 0.784. The highest BCUT2D eigenvalue weighted by molar-refractivity contribution is 6.32. The molecule has 2 rings (SSSR count). The van der Waals surface area contributed by atoms with Crippen molar-refractivity contribution in [1.29, 1.82) is 0 Å². The van der Waals surface area contributed by atoms with Crippen molar-refractivity contribution in [3.8, 4) is 0 Å². The molecule has 0 aliphatic rings. The number of benzene rings is 1. The molecule has 0 saturated carbocycles. The molecule has 0 amide bonds. The lowest BCUT2D eigenvalue weighted by atomic mass is 10.1. The van der Waals surface area contributed by atoms with Gasteiger partial charge in [-0.25, -0.2) is 4.79 Å². The second kappa shape index (κ2) is 3.03. The van der Waals surface area contributed by atoms with Crippen LogP contribution in [-0.4, -0.2) is 15.6 Å². The van der Waals surface area contributed by atoms with Crippen LogP contribution >= 0.6 is 11.6 Å². The number of fused-ring (bicyclic) bond motifs is 1. The second-order valence-electron chi connectivity index (χ2n) is 3.12. The normalized spacial score (nSPS) is 10.7. The number of hydrogen-bond acceptors (Lipinski definition) is 1. The molecule has 0 fully saturated rings. The summed E-state index contributed by atoms with van der Waals surface area (Å²) >= 11 is 5.82. The van der Waals surface area contributed by atoms with Crippen LogP contribution in [0.4, 0.5) is 0 Å². The predicted molar refractivity (Wildman–Crippen MR) is 54.9 cm³/mol. The van der Waals surface area contributed by atoms with Crippen LogP contribution in [-0.2, 0) is 7.05 Å². The number of rotatable bonds is 1. The molecule has 72 valence electrons. The molecule has 1 heterocycles. The highest BCUT2D eigenvalue weighted by Crippen LogP contribution is 2.24. The molecule has 0 spiro atoms. The van der Waals surface area contributed by atoms with Crippen LogP contribution in [0.2, 0.25) is 5.02 Å². The maximum Gasteiger partial charge on any atom is 0.336 e. The van der Waals surface area contributed by atoms with Crippen LogP contribution in [0, 0.1) is 0 Å². The SMILES string of the molecule is Cn1ccc2c(C(=O)O)cc(Cl)cc21. The summed E-state index contributed by atoms with van der Waals surface area (Å²) in [6.45, 7) is 0. The van der Waals surface area contributed by atoms with Crippen molar-refractivity contribution in [1.82, 2.24) is 4.57 Å². The van der Waals surface area contributed by atoms with Gasteiger partial charge in [-0.3, -0.25) is 0 Å². The van der Waals surface area contributed by atoms with Crippen molar-refractivity contribution < 1.29 is 9.90 Å². The number of carbonyl (C=O) groups is 1. The summed E-state index contributed by atoms with van der Waals surface area (Å²) in [5, 5.41) is 10.1. The summed E-state index contributed by atoms with van der Waals surface area (Å²) in [4.78, 5) is 10.9. The summed E-state index contributed by atoms with van der Waals surface area (Å²) in [5.41, 5.74) is 1.07. The zero-order chi connectivity index (χ0) is 10.3. The fourth-order valence-electron chi connectivity index (χ4n) is 1.51. The fraction of sp³-hybridized carbons (Fsp3) is 0.100. The molecule has 0 bridgehead atoms. The van der Waals surface area contributed by atoms with E-state index >= 15 is 0 Å². The minimum Gasteiger partial charge on any atom is -0.478 e. The Morgan fingerprint density at radius 1 is 1.50 bits per heavy atom. The Morgan fingerprint density at radius 3 is 2.86 bits per heavy atom. The highest BCUT2D eigenvalue weighted by Gasteiger charge is 2.11. The average molecular weight is 210 g/mol. The van der Waals surface area contributed by atoms with Crippen molar-refractivity contribution in [2.24, 2.45) is 7.05 Å². The molecule has 1 N–H and O–H groups in total. The van der Waals surface area contributed by atoms with Crippen molar-refractivity contribution in [3.63, 3.8) is 0 Å². The van der Waals surface area contributed by atoms with Gasteiger partial charge in [-0.2, -0.15) is 0 Å². The van der Waals surface area contributed by atoms with E-state index < -0.39 is 5.97 Å². The third-order valence-corrected chi connectivity index (χ3v) is 2.42. The van der Waals surface area contributed by atoms with Gasteiger partial charge < -0.3 is 9.67 Å². The van der Waals surface area contributed by atoms with Gasteiger partial charge in [-0.15, -0.1) is 0 Å². The summed E-state index contributed by atoms with van der Waals surface area (Å²) in [6.07, 6.45) is 1.81. The first-order valence-corrected chi connectivity index (χ1v) is 4.45. The van der Waals surface area contributed by atoms with Gasteiger partial charge in [-0.1, -0.05) is 11.6 Å². The second-order valence-corrected chi connectivity index (χ2v) is 3.55. The number of hydrogen-bond donors (Lipinski definition) is 1. The molecule has 0 saturated heterocycles. The van der Waals surface area contributed by atoms with Gasteiger partial charge in [0.25, 0.3) is 0 Å². The molecule has 14 heavy (non-hydrogen) atoms. The highest BCUT2D eigenvalue weighted by atomic mass is 35.5. The van der Waals surface area contributed by atoms with Crippen molar-refractivity contribution in [3.05, 3.63) is 35.0 Å². The molecule has 0 aliphatic carbocycles. The molecule has 0 unspecified atom stereocenters. The molecule has 4 heteroatoms. The topological polar surface area (TPSA) is 42.2 Å². The van der Waals surface area contributed by atoms with Crippen LogP contribution in [0.1, 0.15) is 10.4 Å². The minimum atomic E-state index is -0.955. The molecule has 0 radical (unpaired) electrons. The summed E-state index contributed by atoms with van der Waals surface area (Å²) < 4.78 is 1.84. The number of halogens is 1. The molecule has 2 aromatic rings. The molecule has 1 aromatic carbocycles. The van der Waals surface area contributed by atoms with Crippen LogP contribution in [0.5, 0.6) is 0 Å². The lowest BCUT2D eigenvalue weighted by molar-refractivity contribution is 0.0699. The predicted octanol–water partition coefficient (Wildman–Crippen LogP) is 2.53. The van der Waals surface area contributed by atoms with E-state index in [2.05, 4.69) is 0 Å². The molecule has 0 aliphatic heterocycles. The van der Waals surface area contributed by atoms with Gasteiger partial charge in [0.1, 0.15) is 0 Å². The first kappa shape index (κ1) is 9.09. The molecule has 3 nitrogen and oxygen atoms in total. The standard InChI is InChI=1S/C10H8ClNO2/c1-12-3-2-7-8(10(13)14)4-6(11)5-9(7)12/h2-5H,1H3,(H,13,14). The van der Waals surface area contributed by atoms with E-state index in [9.17, 15) is 4.79 Å². The lowest BCUT2D eigenvalue weighted by Crippen LogP contribution is -1.97. The van der Waals surface area contributed by atoms with Crippen LogP contribution < -0.4 is 0 Å². The van der Waals surface area contributed by atoms with Gasteiger partial charge in [0.05, 0.1) is 11.1 Å². The van der Waals surface area contributed by atoms with E-state index in [1.165, 1.54) is 6.07 Å². The Balaban J connectivity index is 2.88. The molecular formula is C10H8ClNO2. The third kappa shape index (κ3) is 1.26. The lowest BCUT2D eigenvalue weighted by Gasteiger charge is -2.00. The van der Waals surface area contributed by atoms with Gasteiger partial charge in [0, 0.05) is 23.7 Å². The number of carboxylic acids is 1. The number of aromatic carboxylic acids is 1. The number of aryl methyl sites for hydroxylation is 1. The Labute approximate surface area is 85.5 Å². The number of nitrogens with zero attached hydrogens (tertiary/aromatic N) is 1. The minimum absolute atomic E-state index is 0.244. The van der Waals surface area contributed by atoms with Gasteiger partial charge >= 0.3 is 5.97 Å². The van der Waals surface area contributed by atoms with E-state index in [4.69, 9.17) is 16.7 Å². The molecule has 1 aromatic heterocycles. The summed E-state index contributed by atoms with van der Waals surface area (Å²) in [5.74, 6) is -0.955. The molecular weight excluding hydrogens is 202 g/mol. The monoisotopic (exact) mass is 209 g/mol. The van der Waals surface area contributed by atoms with Gasteiger partial charge in [0.2, 0.25) is 0 Å². The number of aromatic nitrogens is 1. The van der Waals surface area contributed by atoms with E-state index in [0.29, 0.717) is 10.4 Å². The fourth-order valence-corrected chi connectivity index (χ4v) is 1.73. The van der Waals surface area contributed by atoms with E-state index in [1.807, 2.05) is 17.8 Å². The van der Waals surface area contributed by atoms with Crippen LogP contribution in [0.3, 0.4) is 0 Å². The van der Waals surface area contributed by atoms with Gasteiger partial charge in [-0.05, 0) is 18.2 Å². The zero-order valence-electron chi connectivity index (χ0n) is 7.49. The Bertz CT molecular complexity index is 516. The zero-order valence-corrected chi connectivity index (χ0v) is 8.25. The van der Waals surface area contributed by atoms with E-state index in [0.717, 1.165) is 5.52 Å². The first-order chi connectivity index (χ1) is 6.59. The Hall–Kier alpha value is -1.48.